The molecule has 2 rings (SSSR count). The predicted octanol–water partition coefficient (Wildman–Crippen LogP) is 1.49. The van der Waals surface area contributed by atoms with E-state index < -0.39 is 0 Å². The van der Waals surface area contributed by atoms with Gasteiger partial charge in [0.2, 0.25) is 0 Å². The number of nitrogens with two attached hydrogens (primary N) is 1. The van der Waals surface area contributed by atoms with Crippen LogP contribution in [0.2, 0.25) is 0 Å². The summed E-state index contributed by atoms with van der Waals surface area (Å²) in [7, 11) is 3.56. The van der Waals surface area contributed by atoms with Crippen LogP contribution in [0.1, 0.15) is 33.1 Å². The van der Waals surface area contributed by atoms with Gasteiger partial charge in [-0.2, -0.15) is 0 Å². The molecule has 2 aliphatic rings. The van der Waals surface area contributed by atoms with Gasteiger partial charge in [-0.15, -0.1) is 0 Å². The van der Waals surface area contributed by atoms with E-state index in [0.717, 1.165) is 31.5 Å². The zero-order chi connectivity index (χ0) is 14.0. The molecular formula is C15H30N2O2. The summed E-state index contributed by atoms with van der Waals surface area (Å²) in [4.78, 5) is 2.54. The molecule has 2 fully saturated rings. The first kappa shape index (κ1) is 15.2. The lowest BCUT2D eigenvalue weighted by Crippen LogP contribution is -2.57. The van der Waals surface area contributed by atoms with Crippen LogP contribution in [0.3, 0.4) is 0 Å². The molecule has 0 aromatic rings. The second-order valence-corrected chi connectivity index (χ2v) is 6.74. The second-order valence-electron chi connectivity index (χ2n) is 6.74. The molecule has 0 bridgehead atoms. The van der Waals surface area contributed by atoms with Crippen molar-refractivity contribution in [3.63, 3.8) is 0 Å². The van der Waals surface area contributed by atoms with Gasteiger partial charge in [0.25, 0.3) is 0 Å². The van der Waals surface area contributed by atoms with Crippen molar-refractivity contribution >= 4 is 0 Å². The van der Waals surface area contributed by atoms with E-state index >= 15 is 0 Å². The third-order valence-electron chi connectivity index (χ3n) is 5.13. The van der Waals surface area contributed by atoms with Gasteiger partial charge in [0.1, 0.15) is 0 Å². The largest absolute Gasteiger partial charge is 0.377 e. The Morgan fingerprint density at radius 3 is 1.89 bits per heavy atom. The fourth-order valence-electron chi connectivity index (χ4n) is 4.37. The molecule has 0 aromatic carbocycles. The highest BCUT2D eigenvalue weighted by atomic mass is 16.5. The minimum atomic E-state index is 0.154. The third-order valence-corrected chi connectivity index (χ3v) is 5.13. The van der Waals surface area contributed by atoms with E-state index in [-0.39, 0.29) is 17.7 Å². The lowest BCUT2D eigenvalue weighted by Gasteiger charge is -2.48. The van der Waals surface area contributed by atoms with Crippen LogP contribution in [-0.2, 0) is 9.47 Å². The van der Waals surface area contributed by atoms with Crippen molar-refractivity contribution in [2.45, 2.75) is 50.9 Å². The van der Waals surface area contributed by atoms with Gasteiger partial charge in [-0.1, -0.05) is 13.8 Å². The van der Waals surface area contributed by atoms with E-state index in [1.165, 1.54) is 19.3 Å². The minimum absolute atomic E-state index is 0.154. The van der Waals surface area contributed by atoms with Gasteiger partial charge in [0.15, 0.2) is 0 Å². The van der Waals surface area contributed by atoms with E-state index in [0.29, 0.717) is 0 Å². The minimum Gasteiger partial charge on any atom is -0.377 e. The average Bonchev–Trinajstić information content (AvgIpc) is 2.81. The van der Waals surface area contributed by atoms with Gasteiger partial charge < -0.3 is 15.2 Å². The standard InChI is InChI=1S/C15H30N2O2/c1-11-5-12(2)7-15(6-11,10-16)17-8-13(18-3)14(9-17)19-4/h11-14H,5-10,16H2,1-4H3. The molecular weight excluding hydrogens is 240 g/mol. The fraction of sp³-hybridized carbons (Fsp3) is 1.00. The molecule has 4 unspecified atom stereocenters. The van der Waals surface area contributed by atoms with Gasteiger partial charge in [0.05, 0.1) is 12.2 Å². The summed E-state index contributed by atoms with van der Waals surface area (Å²) in [6.45, 7) is 7.36. The predicted molar refractivity (Wildman–Crippen MR) is 77.1 cm³/mol. The summed E-state index contributed by atoms with van der Waals surface area (Å²) in [5, 5.41) is 0. The van der Waals surface area contributed by atoms with E-state index in [9.17, 15) is 0 Å². The van der Waals surface area contributed by atoms with Crippen LogP contribution >= 0.6 is 0 Å². The molecule has 0 aromatic heterocycles. The Bertz CT molecular complexity index is 276. The van der Waals surface area contributed by atoms with Crippen LogP contribution in [0.5, 0.6) is 0 Å². The molecule has 0 spiro atoms. The molecule has 1 saturated heterocycles. The van der Waals surface area contributed by atoms with Crippen molar-refractivity contribution in [1.82, 2.24) is 4.90 Å². The average molecular weight is 270 g/mol. The summed E-state index contributed by atoms with van der Waals surface area (Å²) >= 11 is 0. The SMILES string of the molecule is COC1CN(C2(CN)CC(C)CC(C)C2)CC1OC. The maximum atomic E-state index is 6.19. The van der Waals surface area contributed by atoms with Gasteiger partial charge in [-0.25, -0.2) is 0 Å². The van der Waals surface area contributed by atoms with Gasteiger partial charge in [0, 0.05) is 39.4 Å². The third kappa shape index (κ3) is 2.97. The summed E-state index contributed by atoms with van der Waals surface area (Å²) in [6.07, 6.45) is 4.11. The number of nitrogens with zero attached hydrogens (tertiary/aromatic N) is 1. The van der Waals surface area contributed by atoms with Crippen LogP contribution in [-0.4, -0.2) is 56.5 Å². The molecule has 1 heterocycles. The first-order valence-electron chi connectivity index (χ1n) is 7.55. The molecule has 1 aliphatic heterocycles. The van der Waals surface area contributed by atoms with Crippen LogP contribution in [0.4, 0.5) is 0 Å². The maximum absolute atomic E-state index is 6.19. The topological polar surface area (TPSA) is 47.7 Å². The quantitative estimate of drug-likeness (QED) is 0.841. The van der Waals surface area contributed by atoms with Crippen LogP contribution in [0.15, 0.2) is 0 Å². The highest BCUT2D eigenvalue weighted by molar-refractivity contribution is 5.02. The Morgan fingerprint density at radius 1 is 1.05 bits per heavy atom. The smallest absolute Gasteiger partial charge is 0.0972 e. The molecule has 1 aliphatic carbocycles. The number of rotatable bonds is 4. The Labute approximate surface area is 117 Å². The summed E-state index contributed by atoms with van der Waals surface area (Å²) in [6, 6.07) is 0. The Hall–Kier alpha value is -0.160. The summed E-state index contributed by atoms with van der Waals surface area (Å²) < 4.78 is 11.1. The van der Waals surface area contributed by atoms with Gasteiger partial charge >= 0.3 is 0 Å². The van der Waals surface area contributed by atoms with Crippen LogP contribution in [0, 0.1) is 11.8 Å². The number of hydrogen-bond acceptors (Lipinski definition) is 4. The van der Waals surface area contributed by atoms with Crippen molar-refractivity contribution in [3.05, 3.63) is 0 Å². The van der Waals surface area contributed by atoms with Crippen molar-refractivity contribution < 1.29 is 9.47 Å². The maximum Gasteiger partial charge on any atom is 0.0972 e. The number of ether oxygens (including phenoxy) is 2. The van der Waals surface area contributed by atoms with Crippen LogP contribution < -0.4 is 5.73 Å². The van der Waals surface area contributed by atoms with E-state index in [1.54, 1.807) is 14.2 Å². The molecule has 1 saturated carbocycles. The first-order valence-corrected chi connectivity index (χ1v) is 7.55. The van der Waals surface area contributed by atoms with Crippen molar-refractivity contribution in [3.8, 4) is 0 Å². The molecule has 0 amide bonds. The monoisotopic (exact) mass is 270 g/mol. The number of methoxy groups -OCH3 is 2. The number of likely N-dealkylation sites (tertiary alicyclic amines) is 1. The highest BCUT2D eigenvalue weighted by Crippen LogP contribution is 2.41. The van der Waals surface area contributed by atoms with Gasteiger partial charge in [-0.05, 0) is 31.1 Å². The normalized spacial score (nSPS) is 44.7. The Kier molecular flexibility index (Phi) is 4.88. The first-order chi connectivity index (χ1) is 9.04. The molecule has 112 valence electrons. The molecule has 4 atom stereocenters. The summed E-state index contributed by atoms with van der Waals surface area (Å²) in [5.41, 5.74) is 6.35. The van der Waals surface area contributed by atoms with Crippen molar-refractivity contribution in [1.29, 1.82) is 0 Å². The molecule has 4 heteroatoms. The molecule has 4 nitrogen and oxygen atoms in total. The molecule has 0 radical (unpaired) electrons. The van der Waals surface area contributed by atoms with Crippen LogP contribution in [0.25, 0.3) is 0 Å². The van der Waals surface area contributed by atoms with Crippen molar-refractivity contribution in [2.75, 3.05) is 33.9 Å². The highest BCUT2D eigenvalue weighted by Gasteiger charge is 2.47. The van der Waals surface area contributed by atoms with E-state index in [4.69, 9.17) is 15.2 Å². The summed E-state index contributed by atoms with van der Waals surface area (Å²) in [5.74, 6) is 1.52. The number of hydrogen-bond donors (Lipinski definition) is 1. The Morgan fingerprint density at radius 2 is 1.53 bits per heavy atom. The fourth-order valence-corrected chi connectivity index (χ4v) is 4.37. The van der Waals surface area contributed by atoms with E-state index in [2.05, 4.69) is 18.7 Å². The van der Waals surface area contributed by atoms with E-state index in [1.807, 2.05) is 0 Å². The molecule has 2 N–H and O–H groups in total. The van der Waals surface area contributed by atoms with Crippen molar-refractivity contribution in [2.24, 2.45) is 17.6 Å². The lowest BCUT2D eigenvalue weighted by atomic mass is 9.71. The Balaban J connectivity index is 2.13. The molecule has 19 heavy (non-hydrogen) atoms. The zero-order valence-corrected chi connectivity index (χ0v) is 12.9. The second kappa shape index (κ2) is 6.08. The van der Waals surface area contributed by atoms with Gasteiger partial charge in [-0.3, -0.25) is 4.90 Å². The lowest BCUT2D eigenvalue weighted by molar-refractivity contribution is -0.00461. The zero-order valence-electron chi connectivity index (χ0n) is 12.9.